The fourth-order valence-electron chi connectivity index (χ4n) is 2.38. The van der Waals surface area contributed by atoms with E-state index < -0.39 is 15.3 Å². The summed E-state index contributed by atoms with van der Waals surface area (Å²) in [6.07, 6.45) is 1.62. The maximum Gasteiger partial charge on any atom is 0.306 e. The highest BCUT2D eigenvalue weighted by molar-refractivity contribution is 7.90. The summed E-state index contributed by atoms with van der Waals surface area (Å²) in [4.78, 5) is 11.4. The number of nitrogen functional groups attached to an aromatic ring is 1. The van der Waals surface area contributed by atoms with Gasteiger partial charge in [-0.1, -0.05) is 17.7 Å². The number of sulfone groups is 1. The van der Waals surface area contributed by atoms with E-state index in [1.54, 1.807) is 12.1 Å². The third-order valence-electron chi connectivity index (χ3n) is 3.71. The zero-order valence-electron chi connectivity index (χ0n) is 11.8. The third-order valence-corrected chi connectivity index (χ3v) is 5.75. The molecule has 7 heteroatoms. The molecule has 0 aliphatic heterocycles. The Kier molecular flexibility index (Phi) is 4.49. The van der Waals surface area contributed by atoms with Crippen LogP contribution in [0.25, 0.3) is 0 Å². The van der Waals surface area contributed by atoms with Crippen LogP contribution in [-0.4, -0.2) is 27.2 Å². The smallest absolute Gasteiger partial charge is 0.306 e. The van der Waals surface area contributed by atoms with Crippen LogP contribution in [0.2, 0.25) is 5.02 Å². The average molecular weight is 332 g/mol. The molecule has 0 atom stereocenters. The molecule has 0 amide bonds. The fourth-order valence-corrected chi connectivity index (χ4v) is 4.72. The van der Waals surface area contributed by atoms with Crippen LogP contribution in [-0.2, 0) is 25.1 Å². The molecule has 0 radical (unpaired) electrons. The van der Waals surface area contributed by atoms with Gasteiger partial charge in [-0.2, -0.15) is 0 Å². The molecule has 0 heterocycles. The molecule has 0 unspecified atom stereocenters. The summed E-state index contributed by atoms with van der Waals surface area (Å²) in [5.74, 6) is -0.524. The Balaban J connectivity index is 2.07. The van der Waals surface area contributed by atoms with Gasteiger partial charge in [-0.05, 0) is 36.0 Å². The molecule has 1 aromatic carbocycles. The van der Waals surface area contributed by atoms with Gasteiger partial charge in [-0.3, -0.25) is 4.79 Å². The third kappa shape index (κ3) is 4.35. The number of anilines is 1. The quantitative estimate of drug-likeness (QED) is 0.637. The number of halogens is 1. The number of carbonyl (C=O) groups is 1. The van der Waals surface area contributed by atoms with E-state index in [0.29, 0.717) is 16.3 Å². The lowest BCUT2D eigenvalue weighted by atomic mass is 10.1. The van der Waals surface area contributed by atoms with Gasteiger partial charge in [0.05, 0.1) is 25.0 Å². The molecule has 1 saturated carbocycles. The molecule has 2 N–H and O–H groups in total. The summed E-state index contributed by atoms with van der Waals surface area (Å²) in [6.45, 7) is 0. The highest BCUT2D eigenvalue weighted by Gasteiger charge is 2.47. The Bertz CT molecular complexity index is 653. The Morgan fingerprint density at radius 3 is 2.62 bits per heavy atom. The Morgan fingerprint density at radius 1 is 1.43 bits per heavy atom. The van der Waals surface area contributed by atoms with E-state index in [2.05, 4.69) is 4.74 Å². The summed E-state index contributed by atoms with van der Waals surface area (Å²) in [7, 11) is -2.04. The number of ether oxygens (including phenoxy) is 1. The molecule has 0 bridgehead atoms. The molecule has 0 aromatic heterocycles. The van der Waals surface area contributed by atoms with Crippen molar-refractivity contribution >= 4 is 33.1 Å². The fraction of sp³-hybridized carbons (Fsp3) is 0.500. The summed E-state index contributed by atoms with van der Waals surface area (Å²) >= 11 is 5.80. The van der Waals surface area contributed by atoms with Crippen LogP contribution in [0.3, 0.4) is 0 Å². The van der Waals surface area contributed by atoms with Crippen LogP contribution < -0.4 is 5.73 Å². The van der Waals surface area contributed by atoms with E-state index in [0.717, 1.165) is 12.8 Å². The molecular formula is C14H18ClNO4S. The molecule has 21 heavy (non-hydrogen) atoms. The van der Waals surface area contributed by atoms with Gasteiger partial charge < -0.3 is 10.5 Å². The highest BCUT2D eigenvalue weighted by Crippen LogP contribution is 2.50. The van der Waals surface area contributed by atoms with Gasteiger partial charge in [-0.15, -0.1) is 0 Å². The molecule has 2 rings (SSSR count). The lowest BCUT2D eigenvalue weighted by Gasteiger charge is -2.14. The predicted octanol–water partition coefficient (Wildman–Crippen LogP) is 2.18. The minimum absolute atomic E-state index is 0.0167. The van der Waals surface area contributed by atoms with Crippen LogP contribution in [0.5, 0.6) is 0 Å². The van der Waals surface area contributed by atoms with Crippen LogP contribution in [0.4, 0.5) is 5.69 Å². The summed E-state index contributed by atoms with van der Waals surface area (Å²) in [6, 6.07) is 4.77. The van der Waals surface area contributed by atoms with Gasteiger partial charge in [0.15, 0.2) is 9.84 Å². The second-order valence-electron chi connectivity index (χ2n) is 5.63. The molecule has 0 saturated heterocycles. The molecule has 116 valence electrons. The zero-order valence-corrected chi connectivity index (χ0v) is 13.3. The van der Waals surface area contributed by atoms with Gasteiger partial charge in [0.25, 0.3) is 0 Å². The van der Waals surface area contributed by atoms with Crippen LogP contribution >= 0.6 is 11.6 Å². The number of esters is 1. The predicted molar refractivity (Wildman–Crippen MR) is 81.7 cm³/mol. The van der Waals surface area contributed by atoms with Crippen molar-refractivity contribution in [2.45, 2.75) is 25.0 Å². The van der Waals surface area contributed by atoms with Crippen molar-refractivity contribution in [1.82, 2.24) is 0 Å². The van der Waals surface area contributed by atoms with Gasteiger partial charge >= 0.3 is 5.97 Å². The van der Waals surface area contributed by atoms with E-state index in [9.17, 15) is 13.2 Å². The van der Waals surface area contributed by atoms with E-state index in [1.807, 2.05) is 0 Å². The number of nitrogens with two attached hydrogens (primary N) is 1. The number of benzene rings is 1. The number of hydrogen-bond donors (Lipinski definition) is 1. The normalized spacial score (nSPS) is 16.5. The van der Waals surface area contributed by atoms with E-state index >= 15 is 0 Å². The van der Waals surface area contributed by atoms with Crippen molar-refractivity contribution in [2.75, 3.05) is 18.6 Å². The van der Waals surface area contributed by atoms with E-state index in [-0.39, 0.29) is 23.9 Å². The number of hydrogen-bond acceptors (Lipinski definition) is 5. The number of rotatable bonds is 6. The highest BCUT2D eigenvalue weighted by atomic mass is 35.5. The van der Waals surface area contributed by atoms with Crippen molar-refractivity contribution in [3.8, 4) is 0 Å². The minimum atomic E-state index is -3.35. The average Bonchev–Trinajstić information content (AvgIpc) is 3.11. The Hall–Kier alpha value is -1.27. The first-order chi connectivity index (χ1) is 9.75. The number of carbonyl (C=O) groups excluding carboxylic acids is 1. The lowest BCUT2D eigenvalue weighted by Crippen LogP contribution is -2.22. The first-order valence-corrected chi connectivity index (χ1v) is 8.76. The molecule has 1 aromatic rings. The first-order valence-electron chi connectivity index (χ1n) is 6.56. The molecule has 1 fully saturated rings. The van der Waals surface area contributed by atoms with Crippen LogP contribution in [0, 0.1) is 5.41 Å². The zero-order chi connectivity index (χ0) is 15.7. The maximum absolute atomic E-state index is 12.3. The van der Waals surface area contributed by atoms with Crippen molar-refractivity contribution in [3.63, 3.8) is 0 Å². The maximum atomic E-state index is 12.3. The Morgan fingerprint density at radius 2 is 2.10 bits per heavy atom. The lowest BCUT2D eigenvalue weighted by molar-refractivity contribution is -0.141. The van der Waals surface area contributed by atoms with Crippen molar-refractivity contribution in [3.05, 3.63) is 28.8 Å². The monoisotopic (exact) mass is 331 g/mol. The topological polar surface area (TPSA) is 86.5 Å². The van der Waals surface area contributed by atoms with Gasteiger partial charge in [0, 0.05) is 10.7 Å². The summed E-state index contributed by atoms with van der Waals surface area (Å²) < 4.78 is 29.3. The second-order valence-corrected chi connectivity index (χ2v) is 8.13. The van der Waals surface area contributed by atoms with Crippen molar-refractivity contribution in [1.29, 1.82) is 0 Å². The molecule has 0 spiro atoms. The van der Waals surface area contributed by atoms with Gasteiger partial charge in [0.2, 0.25) is 0 Å². The van der Waals surface area contributed by atoms with Crippen LogP contribution in [0.15, 0.2) is 18.2 Å². The van der Waals surface area contributed by atoms with Gasteiger partial charge in [0.1, 0.15) is 0 Å². The SMILES string of the molecule is COC(=O)CC1(CS(=O)(=O)Cc2ccc(Cl)cc2N)CC1. The van der Waals surface area contributed by atoms with Gasteiger partial charge in [-0.25, -0.2) is 8.42 Å². The van der Waals surface area contributed by atoms with Crippen molar-refractivity contribution < 1.29 is 17.9 Å². The first kappa shape index (κ1) is 16.1. The summed E-state index contributed by atoms with van der Waals surface area (Å²) in [5.41, 5.74) is 6.24. The van der Waals surface area contributed by atoms with E-state index in [1.165, 1.54) is 13.2 Å². The second kappa shape index (κ2) is 5.85. The summed E-state index contributed by atoms with van der Waals surface area (Å²) in [5, 5.41) is 0.470. The Labute approximate surface area is 129 Å². The van der Waals surface area contributed by atoms with Crippen molar-refractivity contribution in [2.24, 2.45) is 5.41 Å². The molecular weight excluding hydrogens is 314 g/mol. The van der Waals surface area contributed by atoms with Crippen LogP contribution in [0.1, 0.15) is 24.8 Å². The largest absolute Gasteiger partial charge is 0.469 e. The standard InChI is InChI=1S/C14H18ClNO4S/c1-20-13(17)7-14(4-5-14)9-21(18,19)8-10-2-3-11(15)6-12(10)16/h2-3,6H,4-5,7-9,16H2,1H3. The minimum Gasteiger partial charge on any atom is -0.469 e. The number of methoxy groups -OCH3 is 1. The molecule has 1 aliphatic carbocycles. The van der Waals surface area contributed by atoms with E-state index in [4.69, 9.17) is 17.3 Å². The molecule has 1 aliphatic rings. The molecule has 5 nitrogen and oxygen atoms in total.